The Labute approximate surface area is 196 Å². The van der Waals surface area contributed by atoms with Gasteiger partial charge in [-0.2, -0.15) is 0 Å². The molecule has 3 aromatic rings. The maximum Gasteiger partial charge on any atom is 0.326 e. The van der Waals surface area contributed by atoms with Crippen LogP contribution < -0.4 is 10.6 Å². The van der Waals surface area contributed by atoms with Crippen LogP contribution in [0.2, 0.25) is 0 Å². The molecule has 0 saturated carbocycles. The first-order valence-electron chi connectivity index (χ1n) is 10.8. The van der Waals surface area contributed by atoms with Crippen molar-refractivity contribution in [2.45, 2.75) is 26.4 Å². The number of nitrogens with zero attached hydrogens (tertiary/aromatic N) is 1. The largest absolute Gasteiger partial charge is 0.480 e. The summed E-state index contributed by atoms with van der Waals surface area (Å²) in [6.07, 6.45) is 0. The standard InChI is InChI=1S/C26H24FN3O4/c1-15(2)23(25(32)33)30-14-18-8-7-17(13-20(18)24(30)31)16-9-11-19(12-10-16)28-26(34)29-22-6-4-3-5-21(22)27/h3-13,15,23H,14H2,1-2H3,(H,32,33)(H2,28,29,34)/t23-/m0/s1. The summed E-state index contributed by atoms with van der Waals surface area (Å²) in [6, 6.07) is 16.9. The Balaban J connectivity index is 1.47. The lowest BCUT2D eigenvalue weighted by Gasteiger charge is -2.27. The minimum atomic E-state index is -1.02. The second kappa shape index (κ2) is 9.35. The third-order valence-electron chi connectivity index (χ3n) is 5.76. The highest BCUT2D eigenvalue weighted by atomic mass is 19.1. The molecule has 0 saturated heterocycles. The molecule has 4 rings (SSSR count). The normalized spacial score (nSPS) is 13.5. The molecule has 0 fully saturated rings. The number of carbonyl (C=O) groups is 3. The number of urea groups is 1. The quantitative estimate of drug-likeness (QED) is 0.470. The molecule has 0 aromatic heterocycles. The summed E-state index contributed by atoms with van der Waals surface area (Å²) in [6.45, 7) is 3.84. The Morgan fingerprint density at radius 1 is 0.971 bits per heavy atom. The number of carbonyl (C=O) groups excluding carboxylic acids is 2. The second-order valence-corrected chi connectivity index (χ2v) is 8.47. The zero-order valence-corrected chi connectivity index (χ0v) is 18.7. The molecule has 1 atom stereocenters. The van der Waals surface area contributed by atoms with Crippen LogP contribution in [0.1, 0.15) is 29.8 Å². The molecule has 3 aromatic carbocycles. The summed E-state index contributed by atoms with van der Waals surface area (Å²) in [5.41, 5.74) is 3.51. The molecule has 1 heterocycles. The number of hydrogen-bond acceptors (Lipinski definition) is 3. The lowest BCUT2D eigenvalue weighted by atomic mass is 10.00. The van der Waals surface area contributed by atoms with Gasteiger partial charge < -0.3 is 20.6 Å². The van der Waals surface area contributed by atoms with Crippen molar-refractivity contribution in [1.82, 2.24) is 4.90 Å². The number of carboxylic acids is 1. The van der Waals surface area contributed by atoms with E-state index in [2.05, 4.69) is 10.6 Å². The number of rotatable bonds is 6. The fraction of sp³-hybridized carbons (Fsp3) is 0.192. The monoisotopic (exact) mass is 461 g/mol. The van der Waals surface area contributed by atoms with Crippen molar-refractivity contribution in [2.24, 2.45) is 5.92 Å². The number of nitrogens with one attached hydrogen (secondary N) is 2. The third kappa shape index (κ3) is 4.61. The fourth-order valence-corrected chi connectivity index (χ4v) is 4.10. The van der Waals surface area contributed by atoms with Gasteiger partial charge in [-0.05, 0) is 52.9 Å². The molecule has 1 aliphatic heterocycles. The smallest absolute Gasteiger partial charge is 0.326 e. The first-order chi connectivity index (χ1) is 16.2. The van der Waals surface area contributed by atoms with Crippen LogP contribution in [0.5, 0.6) is 0 Å². The SMILES string of the molecule is CC(C)[C@@H](C(=O)O)N1Cc2ccc(-c3ccc(NC(=O)Nc4ccccc4F)cc3)cc2C1=O. The van der Waals surface area contributed by atoms with Gasteiger partial charge in [0.25, 0.3) is 5.91 Å². The van der Waals surface area contributed by atoms with Crippen molar-refractivity contribution < 1.29 is 23.9 Å². The van der Waals surface area contributed by atoms with Crippen molar-refractivity contribution in [3.63, 3.8) is 0 Å². The number of fused-ring (bicyclic) bond motifs is 1. The summed E-state index contributed by atoms with van der Waals surface area (Å²) in [4.78, 5) is 38.2. The summed E-state index contributed by atoms with van der Waals surface area (Å²) in [5, 5.41) is 14.7. The Morgan fingerprint density at radius 2 is 1.65 bits per heavy atom. The molecule has 34 heavy (non-hydrogen) atoms. The summed E-state index contributed by atoms with van der Waals surface area (Å²) in [7, 11) is 0. The summed E-state index contributed by atoms with van der Waals surface area (Å²) >= 11 is 0. The number of aliphatic carboxylic acids is 1. The number of benzene rings is 3. The predicted molar refractivity (Wildman–Crippen MR) is 127 cm³/mol. The Kier molecular flexibility index (Phi) is 6.32. The topological polar surface area (TPSA) is 98.7 Å². The Bertz CT molecular complexity index is 1260. The number of carboxylic acid groups (broad SMARTS) is 1. The molecule has 7 nitrogen and oxygen atoms in total. The first-order valence-corrected chi connectivity index (χ1v) is 10.8. The van der Waals surface area contributed by atoms with Crippen molar-refractivity contribution >= 4 is 29.3 Å². The number of halogens is 1. The van der Waals surface area contributed by atoms with E-state index in [9.17, 15) is 23.9 Å². The van der Waals surface area contributed by atoms with E-state index in [0.717, 1.165) is 16.7 Å². The van der Waals surface area contributed by atoms with Crippen LogP contribution >= 0.6 is 0 Å². The molecule has 174 valence electrons. The fourth-order valence-electron chi connectivity index (χ4n) is 4.10. The second-order valence-electron chi connectivity index (χ2n) is 8.47. The molecule has 3 N–H and O–H groups in total. The molecule has 0 spiro atoms. The minimum absolute atomic E-state index is 0.0797. The van der Waals surface area contributed by atoms with Crippen molar-refractivity contribution in [3.8, 4) is 11.1 Å². The van der Waals surface area contributed by atoms with Crippen LogP contribution in [0.25, 0.3) is 11.1 Å². The molecular formula is C26H24FN3O4. The van der Waals surface area contributed by atoms with E-state index in [1.807, 2.05) is 12.1 Å². The number of amides is 3. The van der Waals surface area contributed by atoms with E-state index in [1.165, 1.54) is 23.1 Å². The summed E-state index contributed by atoms with van der Waals surface area (Å²) < 4.78 is 13.7. The Morgan fingerprint density at radius 3 is 2.29 bits per heavy atom. The van der Waals surface area contributed by atoms with Gasteiger partial charge in [0.1, 0.15) is 11.9 Å². The zero-order chi connectivity index (χ0) is 24.4. The van der Waals surface area contributed by atoms with Crippen LogP contribution in [-0.2, 0) is 11.3 Å². The molecule has 0 unspecified atom stereocenters. The zero-order valence-electron chi connectivity index (χ0n) is 18.7. The van der Waals surface area contributed by atoms with Gasteiger partial charge in [0, 0.05) is 17.8 Å². The minimum Gasteiger partial charge on any atom is -0.480 e. The highest BCUT2D eigenvalue weighted by molar-refractivity contribution is 6.02. The van der Waals surface area contributed by atoms with E-state index >= 15 is 0 Å². The predicted octanol–water partition coefficient (Wildman–Crippen LogP) is 5.20. The highest BCUT2D eigenvalue weighted by Crippen LogP contribution is 2.31. The average molecular weight is 461 g/mol. The van der Waals surface area contributed by atoms with Crippen molar-refractivity contribution in [3.05, 3.63) is 83.7 Å². The van der Waals surface area contributed by atoms with E-state index in [0.29, 0.717) is 11.3 Å². The van der Waals surface area contributed by atoms with E-state index in [1.54, 1.807) is 50.2 Å². The van der Waals surface area contributed by atoms with Gasteiger partial charge in [-0.3, -0.25) is 4.79 Å². The van der Waals surface area contributed by atoms with Crippen molar-refractivity contribution in [2.75, 3.05) is 10.6 Å². The lowest BCUT2D eigenvalue weighted by molar-refractivity contribution is -0.144. The van der Waals surface area contributed by atoms with Crippen LogP contribution in [0.4, 0.5) is 20.6 Å². The van der Waals surface area contributed by atoms with Gasteiger partial charge in [0.15, 0.2) is 0 Å². The van der Waals surface area contributed by atoms with Crippen LogP contribution in [0.3, 0.4) is 0 Å². The van der Waals surface area contributed by atoms with Gasteiger partial charge in [-0.25, -0.2) is 14.0 Å². The third-order valence-corrected chi connectivity index (χ3v) is 5.76. The van der Waals surface area contributed by atoms with Crippen molar-refractivity contribution in [1.29, 1.82) is 0 Å². The van der Waals surface area contributed by atoms with Crippen LogP contribution in [0.15, 0.2) is 66.7 Å². The maximum atomic E-state index is 13.7. The highest BCUT2D eigenvalue weighted by Gasteiger charge is 2.38. The van der Waals surface area contributed by atoms with E-state index in [4.69, 9.17) is 0 Å². The number of anilines is 2. The molecular weight excluding hydrogens is 437 g/mol. The van der Waals surface area contributed by atoms with Gasteiger partial charge >= 0.3 is 12.0 Å². The van der Waals surface area contributed by atoms with E-state index < -0.39 is 23.9 Å². The number of para-hydroxylation sites is 1. The summed E-state index contributed by atoms with van der Waals surface area (Å²) in [5.74, 6) is -2.05. The molecule has 0 bridgehead atoms. The average Bonchev–Trinajstić information content (AvgIpc) is 3.11. The molecule has 0 radical (unpaired) electrons. The van der Waals surface area contributed by atoms with Gasteiger partial charge in [0.2, 0.25) is 0 Å². The van der Waals surface area contributed by atoms with Gasteiger partial charge in [-0.1, -0.05) is 50.2 Å². The molecule has 0 aliphatic carbocycles. The van der Waals surface area contributed by atoms with Gasteiger partial charge in [0.05, 0.1) is 5.69 Å². The molecule has 3 amide bonds. The Hall–Kier alpha value is -4.20. The van der Waals surface area contributed by atoms with E-state index in [-0.39, 0.29) is 24.1 Å². The van der Waals surface area contributed by atoms with Crippen LogP contribution in [-0.4, -0.2) is 34.0 Å². The first kappa shape index (κ1) is 23.0. The van der Waals surface area contributed by atoms with Crippen LogP contribution in [0, 0.1) is 11.7 Å². The molecule has 8 heteroatoms. The lowest BCUT2D eigenvalue weighted by Crippen LogP contribution is -2.44. The number of hydrogen-bond donors (Lipinski definition) is 3. The molecule has 1 aliphatic rings. The van der Waals surface area contributed by atoms with Gasteiger partial charge in [-0.15, -0.1) is 0 Å². The maximum absolute atomic E-state index is 13.7.